The Hall–Kier alpha value is 0.607. The minimum absolute atomic E-state index is 0. The van der Waals surface area contributed by atoms with E-state index in [0.717, 1.165) is 13.1 Å². The molecular weight excluding hydrogens is 327 g/mol. The molecule has 1 aliphatic heterocycles. The minimum Gasteiger partial charge on any atom is -0.659 e. The topological polar surface area (TPSA) is 32.6 Å². The molecule has 0 N–H and O–H groups in total. The second kappa shape index (κ2) is 7.05. The van der Waals surface area contributed by atoms with E-state index in [-0.39, 0.29) is 27.5 Å². The fourth-order valence-electron chi connectivity index (χ4n) is 1.01. The van der Waals surface area contributed by atoms with E-state index in [9.17, 15) is 0 Å². The minimum atomic E-state index is -0.0227. The van der Waals surface area contributed by atoms with Crippen molar-refractivity contribution in [1.29, 1.82) is 0 Å². The molecule has 1 rings (SSSR count). The van der Waals surface area contributed by atoms with Crippen molar-refractivity contribution >= 4 is 7.12 Å². The first-order chi connectivity index (χ1) is 5.30. The molecular formula is C7H15BNO2Re-. The molecule has 0 aromatic carbocycles. The van der Waals surface area contributed by atoms with Gasteiger partial charge in [0, 0.05) is 33.6 Å². The van der Waals surface area contributed by atoms with Crippen molar-refractivity contribution in [1.82, 2.24) is 0 Å². The second-order valence-corrected chi connectivity index (χ2v) is 3.02. The van der Waals surface area contributed by atoms with Crippen LogP contribution < -0.4 is 0 Å². The summed E-state index contributed by atoms with van der Waals surface area (Å²) in [7, 11) is -0.0227. The van der Waals surface area contributed by atoms with E-state index < -0.39 is 0 Å². The van der Waals surface area contributed by atoms with Crippen molar-refractivity contribution in [3.63, 3.8) is 0 Å². The van der Waals surface area contributed by atoms with Crippen LogP contribution >= 0.6 is 0 Å². The number of rotatable bonds is 1. The molecule has 0 bridgehead atoms. The first-order valence-corrected chi connectivity index (χ1v) is 4.17. The standard InChI is InChI=1S/C7H15BNO2.Re/c1-7(2)8-10-5-3-9-4-6-11-8;/h7H,3-6H2,1-2H3;/q-1;. The van der Waals surface area contributed by atoms with E-state index >= 15 is 0 Å². The first-order valence-electron chi connectivity index (χ1n) is 4.17. The van der Waals surface area contributed by atoms with E-state index in [2.05, 4.69) is 19.2 Å². The van der Waals surface area contributed by atoms with Crippen LogP contribution in [0.15, 0.2) is 0 Å². The van der Waals surface area contributed by atoms with Gasteiger partial charge in [-0.2, -0.15) is 0 Å². The Balaban J connectivity index is 0.00000121. The molecule has 0 spiro atoms. The molecule has 0 amide bonds. The van der Waals surface area contributed by atoms with Crippen LogP contribution in [-0.4, -0.2) is 33.4 Å². The zero-order chi connectivity index (χ0) is 8.10. The summed E-state index contributed by atoms with van der Waals surface area (Å²) in [5.41, 5.74) is 0. The Labute approximate surface area is 88.4 Å². The number of hydrogen-bond donors (Lipinski definition) is 0. The number of nitrogens with zero attached hydrogens (tertiary/aromatic N) is 1. The molecule has 0 saturated carbocycles. The summed E-state index contributed by atoms with van der Waals surface area (Å²) in [5.74, 6) is 0.438. The molecule has 1 heterocycles. The van der Waals surface area contributed by atoms with Gasteiger partial charge in [0.15, 0.2) is 0 Å². The quantitative estimate of drug-likeness (QED) is 0.673. The summed E-state index contributed by atoms with van der Waals surface area (Å²) < 4.78 is 10.9. The van der Waals surface area contributed by atoms with Gasteiger partial charge < -0.3 is 14.6 Å². The van der Waals surface area contributed by atoms with Crippen LogP contribution in [0.4, 0.5) is 0 Å². The maximum atomic E-state index is 5.43. The van der Waals surface area contributed by atoms with Crippen LogP contribution in [0.3, 0.4) is 0 Å². The molecule has 5 heteroatoms. The van der Waals surface area contributed by atoms with Crippen molar-refractivity contribution in [2.24, 2.45) is 0 Å². The van der Waals surface area contributed by atoms with E-state index in [1.54, 1.807) is 0 Å². The van der Waals surface area contributed by atoms with Crippen LogP contribution in [0.1, 0.15) is 13.8 Å². The zero-order valence-electron chi connectivity index (χ0n) is 7.62. The smallest absolute Gasteiger partial charge is 0.459 e. The fourth-order valence-corrected chi connectivity index (χ4v) is 1.01. The van der Waals surface area contributed by atoms with Gasteiger partial charge in [0.05, 0.1) is 0 Å². The first kappa shape index (κ1) is 12.6. The predicted octanol–water partition coefficient (Wildman–Crippen LogP) is 1.30. The summed E-state index contributed by atoms with van der Waals surface area (Å²) in [5, 5.41) is 4.17. The van der Waals surface area contributed by atoms with Gasteiger partial charge in [0.2, 0.25) is 0 Å². The molecule has 71 valence electrons. The summed E-state index contributed by atoms with van der Waals surface area (Å²) in [4.78, 5) is 0. The SMILES string of the molecule is CC(C)B1OCC[N-]CCO1.[Re]. The Morgan fingerprint density at radius 3 is 2.08 bits per heavy atom. The van der Waals surface area contributed by atoms with Crippen molar-refractivity contribution in [2.75, 3.05) is 26.3 Å². The van der Waals surface area contributed by atoms with Gasteiger partial charge in [-0.1, -0.05) is 13.8 Å². The van der Waals surface area contributed by atoms with Crippen LogP contribution in [0, 0.1) is 0 Å². The Bertz CT molecular complexity index is 108. The average Bonchev–Trinajstić information content (AvgIpc) is 1.84. The summed E-state index contributed by atoms with van der Waals surface area (Å²) in [6.45, 7) is 7.22. The van der Waals surface area contributed by atoms with Crippen molar-refractivity contribution in [2.45, 2.75) is 19.7 Å². The molecule has 0 aliphatic carbocycles. The van der Waals surface area contributed by atoms with E-state index in [4.69, 9.17) is 9.31 Å². The zero-order valence-corrected chi connectivity index (χ0v) is 10.3. The fraction of sp³-hybridized carbons (Fsp3) is 1.00. The predicted molar refractivity (Wildman–Crippen MR) is 45.8 cm³/mol. The summed E-state index contributed by atoms with van der Waals surface area (Å²) in [6, 6.07) is 0. The van der Waals surface area contributed by atoms with E-state index in [1.165, 1.54) is 0 Å². The van der Waals surface area contributed by atoms with Crippen LogP contribution in [-0.2, 0) is 29.7 Å². The third kappa shape index (κ3) is 4.59. The number of hydrogen-bond acceptors (Lipinski definition) is 2. The molecule has 0 aromatic rings. The van der Waals surface area contributed by atoms with E-state index in [0.29, 0.717) is 19.0 Å². The van der Waals surface area contributed by atoms with Gasteiger partial charge in [-0.25, -0.2) is 0 Å². The van der Waals surface area contributed by atoms with Gasteiger partial charge in [-0.15, -0.1) is 13.1 Å². The van der Waals surface area contributed by atoms with Crippen LogP contribution in [0.25, 0.3) is 5.32 Å². The second-order valence-electron chi connectivity index (χ2n) is 3.02. The molecule has 0 atom stereocenters. The Kier molecular flexibility index (Phi) is 7.41. The molecule has 0 unspecified atom stereocenters. The van der Waals surface area contributed by atoms with Crippen LogP contribution in [0.2, 0.25) is 5.82 Å². The van der Waals surface area contributed by atoms with Crippen LogP contribution in [0.5, 0.6) is 0 Å². The van der Waals surface area contributed by atoms with Gasteiger partial charge in [0.1, 0.15) is 0 Å². The molecule has 3 nitrogen and oxygen atoms in total. The summed E-state index contributed by atoms with van der Waals surface area (Å²) >= 11 is 0. The normalized spacial score (nSPS) is 19.8. The molecule has 1 radical (unpaired) electrons. The van der Waals surface area contributed by atoms with Gasteiger partial charge in [0.25, 0.3) is 0 Å². The third-order valence-corrected chi connectivity index (χ3v) is 1.61. The maximum absolute atomic E-state index is 5.43. The third-order valence-electron chi connectivity index (χ3n) is 1.61. The molecule has 0 aromatic heterocycles. The molecule has 1 fully saturated rings. The molecule has 12 heavy (non-hydrogen) atoms. The largest absolute Gasteiger partial charge is 0.659 e. The van der Waals surface area contributed by atoms with Gasteiger partial charge in [-0.3, -0.25) is 0 Å². The Morgan fingerprint density at radius 2 is 1.67 bits per heavy atom. The van der Waals surface area contributed by atoms with Gasteiger partial charge >= 0.3 is 7.12 Å². The molecule has 1 aliphatic rings. The van der Waals surface area contributed by atoms with Crippen molar-refractivity contribution in [3.05, 3.63) is 5.32 Å². The maximum Gasteiger partial charge on any atom is 0.459 e. The van der Waals surface area contributed by atoms with Crippen molar-refractivity contribution < 1.29 is 29.7 Å². The Morgan fingerprint density at radius 1 is 1.17 bits per heavy atom. The monoisotopic (exact) mass is 343 g/mol. The summed E-state index contributed by atoms with van der Waals surface area (Å²) in [6.07, 6.45) is 0. The average molecular weight is 342 g/mol. The molecule has 1 saturated heterocycles. The van der Waals surface area contributed by atoms with Gasteiger partial charge in [-0.05, 0) is 5.82 Å². The van der Waals surface area contributed by atoms with E-state index in [1.807, 2.05) is 0 Å². The van der Waals surface area contributed by atoms with Crippen molar-refractivity contribution in [3.8, 4) is 0 Å².